The number of hydrogen-bond acceptors (Lipinski definition) is 4. The lowest BCUT2D eigenvalue weighted by atomic mass is 10.1. The largest absolute Gasteiger partial charge is 0.395 e. The van der Waals surface area contributed by atoms with E-state index in [-0.39, 0.29) is 24.5 Å². The van der Waals surface area contributed by atoms with E-state index in [0.29, 0.717) is 32.7 Å². The average Bonchev–Trinajstić information content (AvgIpc) is 2.40. The van der Waals surface area contributed by atoms with E-state index >= 15 is 0 Å². The predicted octanol–water partition coefficient (Wildman–Crippen LogP) is 0.571. The van der Waals surface area contributed by atoms with Gasteiger partial charge in [-0.25, -0.2) is 8.78 Å². The molecule has 0 bridgehead atoms. The second kappa shape index (κ2) is 6.27. The van der Waals surface area contributed by atoms with E-state index in [4.69, 9.17) is 10.2 Å². The summed E-state index contributed by atoms with van der Waals surface area (Å²) in [5.74, 6) is -1.28. The van der Waals surface area contributed by atoms with Crippen molar-refractivity contribution in [1.29, 1.82) is 0 Å². The van der Waals surface area contributed by atoms with Crippen molar-refractivity contribution in [3.63, 3.8) is 0 Å². The molecule has 6 heteroatoms. The fourth-order valence-electron chi connectivity index (χ4n) is 2.35. The van der Waals surface area contributed by atoms with Gasteiger partial charge in [0.15, 0.2) is 0 Å². The van der Waals surface area contributed by atoms with Gasteiger partial charge in [0, 0.05) is 32.7 Å². The van der Waals surface area contributed by atoms with Gasteiger partial charge in [-0.2, -0.15) is 0 Å². The van der Waals surface area contributed by atoms with Gasteiger partial charge in [-0.1, -0.05) is 0 Å². The summed E-state index contributed by atoms with van der Waals surface area (Å²) in [6.45, 7) is 2.68. The lowest BCUT2D eigenvalue weighted by molar-refractivity contribution is 0.188. The van der Waals surface area contributed by atoms with Gasteiger partial charge in [0.1, 0.15) is 17.3 Å². The molecule has 0 atom stereocenters. The van der Waals surface area contributed by atoms with Crippen molar-refractivity contribution in [3.8, 4) is 0 Å². The number of β-amino-alcohol motifs (C(OH)–C–C–N with tert-alkyl or cyclic N) is 1. The molecule has 1 aliphatic heterocycles. The lowest BCUT2D eigenvalue weighted by Gasteiger charge is -2.36. The molecule has 4 nitrogen and oxygen atoms in total. The second-order valence-electron chi connectivity index (χ2n) is 4.62. The molecule has 2 N–H and O–H groups in total. The number of nitrogens with zero attached hydrogens (tertiary/aromatic N) is 2. The number of halogens is 2. The predicted molar refractivity (Wildman–Crippen MR) is 68.0 cm³/mol. The Balaban J connectivity index is 2.11. The summed E-state index contributed by atoms with van der Waals surface area (Å²) < 4.78 is 27.8. The maximum Gasteiger partial charge on any atom is 0.149 e. The van der Waals surface area contributed by atoms with E-state index in [1.165, 1.54) is 12.1 Å². The third-order valence-electron chi connectivity index (χ3n) is 3.36. The Kier molecular flexibility index (Phi) is 4.68. The van der Waals surface area contributed by atoms with Gasteiger partial charge in [-0.15, -0.1) is 0 Å². The first-order chi connectivity index (χ1) is 9.15. The van der Waals surface area contributed by atoms with Crippen LogP contribution in [0, 0.1) is 11.6 Å². The summed E-state index contributed by atoms with van der Waals surface area (Å²) in [5.41, 5.74) is 0.207. The smallest absolute Gasteiger partial charge is 0.149 e. The van der Waals surface area contributed by atoms with Gasteiger partial charge in [0.25, 0.3) is 0 Å². The normalized spacial score (nSPS) is 16.9. The van der Waals surface area contributed by atoms with Crippen molar-refractivity contribution in [2.24, 2.45) is 0 Å². The number of aliphatic hydroxyl groups excluding tert-OH is 2. The van der Waals surface area contributed by atoms with E-state index in [9.17, 15) is 8.78 Å². The van der Waals surface area contributed by atoms with Crippen LogP contribution in [0.2, 0.25) is 0 Å². The van der Waals surface area contributed by atoms with E-state index < -0.39 is 11.6 Å². The number of piperazine rings is 1. The van der Waals surface area contributed by atoms with E-state index in [1.54, 1.807) is 4.90 Å². The van der Waals surface area contributed by atoms with Gasteiger partial charge in [0.05, 0.1) is 13.2 Å². The molecule has 1 heterocycles. The zero-order valence-corrected chi connectivity index (χ0v) is 10.6. The second-order valence-corrected chi connectivity index (χ2v) is 4.62. The van der Waals surface area contributed by atoms with Crippen molar-refractivity contribution in [2.75, 3.05) is 44.2 Å². The van der Waals surface area contributed by atoms with Crippen LogP contribution < -0.4 is 4.90 Å². The summed E-state index contributed by atoms with van der Waals surface area (Å²) in [6, 6.07) is 2.33. The van der Waals surface area contributed by atoms with E-state index in [0.717, 1.165) is 0 Å². The van der Waals surface area contributed by atoms with Gasteiger partial charge >= 0.3 is 0 Å². The minimum atomic E-state index is -0.639. The standard InChI is InChI=1S/C13H18F2N2O2/c14-11-7-10(9-19)8-12(15)13(11)17-3-1-16(2-4-17)5-6-18/h7-8,18-19H,1-6,9H2. The van der Waals surface area contributed by atoms with Crippen molar-refractivity contribution >= 4 is 5.69 Å². The minimum Gasteiger partial charge on any atom is -0.395 e. The molecule has 0 unspecified atom stereocenters. The van der Waals surface area contributed by atoms with Crippen molar-refractivity contribution in [1.82, 2.24) is 4.90 Å². The maximum atomic E-state index is 13.9. The van der Waals surface area contributed by atoms with Crippen LogP contribution in [0.1, 0.15) is 5.56 Å². The summed E-state index contributed by atoms with van der Waals surface area (Å²) in [7, 11) is 0. The molecule has 1 aromatic carbocycles. The van der Waals surface area contributed by atoms with E-state index in [2.05, 4.69) is 4.90 Å². The molecule has 1 fully saturated rings. The molecule has 1 aromatic rings. The zero-order chi connectivity index (χ0) is 13.8. The van der Waals surface area contributed by atoms with Crippen LogP contribution in [-0.4, -0.2) is 54.4 Å². The molecule has 2 rings (SSSR count). The molecule has 106 valence electrons. The number of aliphatic hydroxyl groups is 2. The molecule has 1 saturated heterocycles. The SMILES string of the molecule is OCCN1CCN(c2c(F)cc(CO)cc2F)CC1. The third kappa shape index (κ3) is 3.20. The molecule has 0 aromatic heterocycles. The molecule has 19 heavy (non-hydrogen) atoms. The number of anilines is 1. The van der Waals surface area contributed by atoms with Crippen LogP contribution in [0.5, 0.6) is 0 Å². The molecular formula is C13H18F2N2O2. The van der Waals surface area contributed by atoms with Crippen LogP contribution >= 0.6 is 0 Å². The Morgan fingerprint density at radius 3 is 2.05 bits per heavy atom. The highest BCUT2D eigenvalue weighted by molar-refractivity contribution is 5.51. The monoisotopic (exact) mass is 272 g/mol. The number of benzene rings is 1. The first-order valence-electron chi connectivity index (χ1n) is 6.32. The highest BCUT2D eigenvalue weighted by atomic mass is 19.1. The summed E-state index contributed by atoms with van der Waals surface area (Å²) in [4.78, 5) is 3.72. The Labute approximate surface area is 110 Å². The molecular weight excluding hydrogens is 254 g/mol. The summed E-state index contributed by atoms with van der Waals surface area (Å²) in [6.07, 6.45) is 0. The lowest BCUT2D eigenvalue weighted by Crippen LogP contribution is -2.47. The van der Waals surface area contributed by atoms with Gasteiger partial charge < -0.3 is 15.1 Å². The van der Waals surface area contributed by atoms with Crippen molar-refractivity contribution in [3.05, 3.63) is 29.3 Å². The summed E-state index contributed by atoms with van der Waals surface area (Å²) in [5, 5.41) is 17.8. The Bertz CT molecular complexity index is 412. The molecule has 0 amide bonds. The van der Waals surface area contributed by atoms with Gasteiger partial charge in [-0.3, -0.25) is 4.90 Å². The Morgan fingerprint density at radius 1 is 1.00 bits per heavy atom. The highest BCUT2D eigenvalue weighted by Gasteiger charge is 2.22. The van der Waals surface area contributed by atoms with Gasteiger partial charge in [0.2, 0.25) is 0 Å². The van der Waals surface area contributed by atoms with Crippen LogP contribution in [0.15, 0.2) is 12.1 Å². The van der Waals surface area contributed by atoms with Crippen LogP contribution in [0.25, 0.3) is 0 Å². The van der Waals surface area contributed by atoms with Crippen LogP contribution in [0.4, 0.5) is 14.5 Å². The number of hydrogen-bond donors (Lipinski definition) is 2. The van der Waals surface area contributed by atoms with Crippen molar-refractivity contribution in [2.45, 2.75) is 6.61 Å². The average molecular weight is 272 g/mol. The summed E-state index contributed by atoms with van der Waals surface area (Å²) >= 11 is 0. The zero-order valence-electron chi connectivity index (χ0n) is 10.6. The highest BCUT2D eigenvalue weighted by Crippen LogP contribution is 2.26. The van der Waals surface area contributed by atoms with Gasteiger partial charge in [-0.05, 0) is 17.7 Å². The molecule has 0 spiro atoms. The topological polar surface area (TPSA) is 46.9 Å². The Hall–Kier alpha value is -1.24. The molecule has 0 aliphatic carbocycles. The Morgan fingerprint density at radius 2 is 1.58 bits per heavy atom. The number of rotatable bonds is 4. The quantitative estimate of drug-likeness (QED) is 0.841. The van der Waals surface area contributed by atoms with E-state index in [1.807, 2.05) is 0 Å². The van der Waals surface area contributed by atoms with Crippen molar-refractivity contribution < 1.29 is 19.0 Å². The molecule has 0 radical (unpaired) electrons. The van der Waals surface area contributed by atoms with Crippen LogP contribution in [0.3, 0.4) is 0 Å². The fourth-order valence-corrected chi connectivity index (χ4v) is 2.35. The van der Waals surface area contributed by atoms with Crippen LogP contribution in [-0.2, 0) is 6.61 Å². The maximum absolute atomic E-state index is 13.9. The molecule has 0 saturated carbocycles. The molecule has 1 aliphatic rings. The first kappa shape index (κ1) is 14.2. The minimum absolute atomic E-state index is 0.0270. The fraction of sp³-hybridized carbons (Fsp3) is 0.538. The third-order valence-corrected chi connectivity index (χ3v) is 3.36. The first-order valence-corrected chi connectivity index (χ1v) is 6.32.